The first-order chi connectivity index (χ1) is 11.4. The summed E-state index contributed by atoms with van der Waals surface area (Å²) in [4.78, 5) is 23.5. The molecule has 0 aliphatic rings. The summed E-state index contributed by atoms with van der Waals surface area (Å²) in [6, 6.07) is 9.05. The Balaban J connectivity index is 1.89. The van der Waals surface area contributed by atoms with Gasteiger partial charge in [-0.2, -0.15) is 0 Å². The van der Waals surface area contributed by atoms with Gasteiger partial charge in [0.1, 0.15) is 11.6 Å². The molecule has 24 heavy (non-hydrogen) atoms. The molecule has 2 aromatic rings. The summed E-state index contributed by atoms with van der Waals surface area (Å²) in [5.41, 5.74) is 0.346. The van der Waals surface area contributed by atoms with Gasteiger partial charge in [-0.1, -0.05) is 23.7 Å². The van der Waals surface area contributed by atoms with Crippen molar-refractivity contribution in [1.82, 2.24) is 5.32 Å². The first-order valence-electron chi connectivity index (χ1n) is 7.04. The molecule has 0 aliphatic carbocycles. The lowest BCUT2D eigenvalue weighted by molar-refractivity contribution is -0.124. The number of esters is 1. The maximum Gasteiger partial charge on any atom is 0.341 e. The van der Waals surface area contributed by atoms with E-state index < -0.39 is 35.7 Å². The van der Waals surface area contributed by atoms with Crippen molar-refractivity contribution >= 4 is 23.5 Å². The van der Waals surface area contributed by atoms with E-state index >= 15 is 0 Å². The van der Waals surface area contributed by atoms with E-state index in [1.165, 1.54) is 0 Å². The van der Waals surface area contributed by atoms with Crippen molar-refractivity contribution in [1.29, 1.82) is 0 Å². The van der Waals surface area contributed by atoms with Crippen LogP contribution in [0.25, 0.3) is 0 Å². The monoisotopic (exact) mass is 353 g/mol. The van der Waals surface area contributed by atoms with Crippen LogP contribution in [0.5, 0.6) is 0 Å². The lowest BCUT2D eigenvalue weighted by Gasteiger charge is -2.14. The van der Waals surface area contributed by atoms with Gasteiger partial charge in [0, 0.05) is 11.1 Å². The molecular formula is C17H14ClF2NO3. The number of amides is 1. The quantitative estimate of drug-likeness (QED) is 0.835. The van der Waals surface area contributed by atoms with Crippen LogP contribution in [0.15, 0.2) is 42.5 Å². The van der Waals surface area contributed by atoms with Crippen LogP contribution in [-0.4, -0.2) is 18.5 Å². The minimum atomic E-state index is -1.05. The van der Waals surface area contributed by atoms with E-state index in [1.54, 1.807) is 31.2 Å². The standard InChI is InChI=1S/C17H14ClF2NO3/c1-10(11-3-2-4-12(18)7-11)21-16(22)9-24-17(23)14-6-5-13(19)8-15(14)20/h2-8,10H,9H2,1H3,(H,21,22)/t10-/m0/s1. The number of nitrogens with one attached hydrogen (secondary N) is 1. The number of rotatable bonds is 5. The molecule has 1 N–H and O–H groups in total. The van der Waals surface area contributed by atoms with Crippen molar-refractivity contribution in [2.24, 2.45) is 0 Å². The molecule has 0 radical (unpaired) electrons. The lowest BCUT2D eigenvalue weighted by atomic mass is 10.1. The molecule has 2 rings (SSSR count). The van der Waals surface area contributed by atoms with Crippen LogP contribution in [-0.2, 0) is 9.53 Å². The highest BCUT2D eigenvalue weighted by Crippen LogP contribution is 2.17. The van der Waals surface area contributed by atoms with E-state index in [0.717, 1.165) is 17.7 Å². The Morgan fingerprint density at radius 1 is 1.21 bits per heavy atom. The number of hydrogen-bond acceptors (Lipinski definition) is 3. The first-order valence-corrected chi connectivity index (χ1v) is 7.41. The van der Waals surface area contributed by atoms with E-state index in [9.17, 15) is 18.4 Å². The summed E-state index contributed by atoms with van der Waals surface area (Å²) in [5, 5.41) is 3.16. The molecular weight excluding hydrogens is 340 g/mol. The Kier molecular flexibility index (Phi) is 5.87. The zero-order chi connectivity index (χ0) is 17.7. The van der Waals surface area contributed by atoms with Crippen molar-refractivity contribution in [3.05, 3.63) is 70.2 Å². The molecule has 0 heterocycles. The molecule has 0 unspecified atom stereocenters. The third-order valence-electron chi connectivity index (χ3n) is 3.21. The lowest BCUT2D eigenvalue weighted by Crippen LogP contribution is -2.31. The number of hydrogen-bond donors (Lipinski definition) is 1. The summed E-state index contributed by atoms with van der Waals surface area (Å²) in [6.07, 6.45) is 0. The van der Waals surface area contributed by atoms with Gasteiger partial charge >= 0.3 is 5.97 Å². The largest absolute Gasteiger partial charge is 0.452 e. The van der Waals surface area contributed by atoms with Crippen LogP contribution < -0.4 is 5.32 Å². The van der Waals surface area contributed by atoms with E-state index in [1.807, 2.05) is 0 Å². The number of carbonyl (C=O) groups is 2. The number of carbonyl (C=O) groups excluding carboxylic acids is 2. The van der Waals surface area contributed by atoms with E-state index in [4.69, 9.17) is 16.3 Å². The third kappa shape index (κ3) is 4.76. The van der Waals surface area contributed by atoms with Gasteiger partial charge in [0.25, 0.3) is 5.91 Å². The maximum absolute atomic E-state index is 13.4. The first kappa shape index (κ1) is 17.9. The highest BCUT2D eigenvalue weighted by Gasteiger charge is 2.16. The molecule has 0 spiro atoms. The van der Waals surface area contributed by atoms with Crippen molar-refractivity contribution in [3.63, 3.8) is 0 Å². The van der Waals surface area contributed by atoms with E-state index in [-0.39, 0.29) is 6.04 Å². The Labute approximate surface area is 142 Å². The molecule has 0 aromatic heterocycles. The Bertz CT molecular complexity index is 767. The van der Waals surface area contributed by atoms with Gasteiger partial charge < -0.3 is 10.1 Å². The average molecular weight is 354 g/mol. The predicted molar refractivity (Wildman–Crippen MR) is 84.7 cm³/mol. The normalized spacial score (nSPS) is 11.7. The molecule has 0 aliphatic heterocycles. The SMILES string of the molecule is C[C@H](NC(=O)COC(=O)c1ccc(F)cc1F)c1cccc(Cl)c1. The summed E-state index contributed by atoms with van der Waals surface area (Å²) >= 11 is 5.88. The van der Waals surface area contributed by atoms with Gasteiger partial charge in [0.05, 0.1) is 11.6 Å². The predicted octanol–water partition coefficient (Wildman–Crippen LogP) is 3.65. The fourth-order valence-corrected chi connectivity index (χ4v) is 2.21. The Morgan fingerprint density at radius 2 is 1.96 bits per heavy atom. The second-order valence-corrected chi connectivity index (χ2v) is 5.48. The fourth-order valence-electron chi connectivity index (χ4n) is 2.01. The van der Waals surface area contributed by atoms with Crippen molar-refractivity contribution in [2.45, 2.75) is 13.0 Å². The van der Waals surface area contributed by atoms with Crippen molar-refractivity contribution in [3.8, 4) is 0 Å². The van der Waals surface area contributed by atoms with Crippen LogP contribution in [0.1, 0.15) is 28.9 Å². The van der Waals surface area contributed by atoms with Crippen LogP contribution in [0.3, 0.4) is 0 Å². The number of halogens is 3. The van der Waals surface area contributed by atoms with Gasteiger partial charge in [-0.3, -0.25) is 4.79 Å². The summed E-state index contributed by atoms with van der Waals surface area (Å²) in [6.45, 7) is 1.16. The topological polar surface area (TPSA) is 55.4 Å². The Morgan fingerprint density at radius 3 is 2.62 bits per heavy atom. The van der Waals surface area contributed by atoms with Crippen LogP contribution in [0.2, 0.25) is 5.02 Å². The maximum atomic E-state index is 13.4. The molecule has 0 saturated carbocycles. The number of ether oxygens (including phenoxy) is 1. The Hall–Kier alpha value is -2.47. The van der Waals surface area contributed by atoms with Crippen molar-refractivity contribution in [2.75, 3.05) is 6.61 Å². The zero-order valence-corrected chi connectivity index (χ0v) is 13.4. The second kappa shape index (κ2) is 7.88. The molecule has 4 nitrogen and oxygen atoms in total. The van der Waals surface area contributed by atoms with Gasteiger partial charge in [-0.15, -0.1) is 0 Å². The van der Waals surface area contributed by atoms with E-state index in [0.29, 0.717) is 11.1 Å². The van der Waals surface area contributed by atoms with Crippen molar-refractivity contribution < 1.29 is 23.1 Å². The van der Waals surface area contributed by atoms with Gasteiger partial charge in [-0.05, 0) is 36.8 Å². The minimum absolute atomic E-state index is 0.350. The molecule has 2 aromatic carbocycles. The van der Waals surface area contributed by atoms with Gasteiger partial charge in [0.2, 0.25) is 0 Å². The second-order valence-electron chi connectivity index (χ2n) is 5.04. The van der Waals surface area contributed by atoms with E-state index in [2.05, 4.69) is 5.32 Å². The molecule has 7 heteroatoms. The highest BCUT2D eigenvalue weighted by atomic mass is 35.5. The molecule has 1 amide bonds. The van der Waals surface area contributed by atoms with Gasteiger partial charge in [0.15, 0.2) is 6.61 Å². The van der Waals surface area contributed by atoms with Gasteiger partial charge in [-0.25, -0.2) is 13.6 Å². The molecule has 126 valence electrons. The van der Waals surface area contributed by atoms with Crippen LogP contribution >= 0.6 is 11.6 Å². The fraction of sp³-hybridized carbons (Fsp3) is 0.176. The summed E-state index contributed by atoms with van der Waals surface area (Å²) < 4.78 is 31.0. The molecule has 0 bridgehead atoms. The summed E-state index contributed by atoms with van der Waals surface area (Å²) in [7, 11) is 0. The molecule has 0 saturated heterocycles. The molecule has 0 fully saturated rings. The van der Waals surface area contributed by atoms with Crippen LogP contribution in [0.4, 0.5) is 8.78 Å². The average Bonchev–Trinajstić information content (AvgIpc) is 2.52. The van der Waals surface area contributed by atoms with Crippen LogP contribution in [0, 0.1) is 11.6 Å². The third-order valence-corrected chi connectivity index (χ3v) is 3.45. The minimum Gasteiger partial charge on any atom is -0.452 e. The smallest absolute Gasteiger partial charge is 0.341 e. The molecule has 1 atom stereocenters. The summed E-state index contributed by atoms with van der Waals surface area (Å²) in [5.74, 6) is -3.46. The number of benzene rings is 2. The highest BCUT2D eigenvalue weighted by molar-refractivity contribution is 6.30. The zero-order valence-electron chi connectivity index (χ0n) is 12.7.